The van der Waals surface area contributed by atoms with Crippen molar-refractivity contribution in [3.05, 3.63) is 51.7 Å². The molecule has 6 heteroatoms. The molecule has 0 aliphatic heterocycles. The Morgan fingerprint density at radius 2 is 1.86 bits per heavy atom. The molecular weight excluding hydrogens is 299 g/mol. The van der Waals surface area contributed by atoms with E-state index in [1.54, 1.807) is 23.5 Å². The minimum absolute atomic E-state index is 0.0279. The van der Waals surface area contributed by atoms with Gasteiger partial charge in [-0.05, 0) is 48.2 Å². The Kier molecular flexibility index (Phi) is 4.90. The van der Waals surface area contributed by atoms with Crippen molar-refractivity contribution in [1.82, 2.24) is 5.32 Å². The topological polar surface area (TPSA) is 21.3 Å². The lowest BCUT2D eigenvalue weighted by atomic mass is 10.0. The molecule has 114 valence electrons. The van der Waals surface area contributed by atoms with Crippen LogP contribution in [0.15, 0.2) is 35.7 Å². The summed E-state index contributed by atoms with van der Waals surface area (Å²) >= 11 is 1.65. The molecule has 1 heterocycles. The minimum atomic E-state index is -4.66. The van der Waals surface area contributed by atoms with Gasteiger partial charge in [0, 0.05) is 4.88 Å². The number of thiophene rings is 1. The van der Waals surface area contributed by atoms with Crippen molar-refractivity contribution in [2.24, 2.45) is 0 Å². The Bertz CT molecular complexity index is 577. The zero-order valence-corrected chi connectivity index (χ0v) is 12.5. The Morgan fingerprint density at radius 1 is 1.19 bits per heavy atom. The number of rotatable bonds is 5. The molecule has 0 aliphatic carbocycles. The predicted octanol–water partition coefficient (Wildman–Crippen LogP) is 4.65. The summed E-state index contributed by atoms with van der Waals surface area (Å²) in [6.07, 6.45) is -4.66. The quantitative estimate of drug-likeness (QED) is 0.867. The van der Waals surface area contributed by atoms with Crippen molar-refractivity contribution in [3.63, 3.8) is 0 Å². The fourth-order valence-electron chi connectivity index (χ4n) is 2.11. The molecule has 2 nitrogen and oxygen atoms in total. The van der Waals surface area contributed by atoms with Crippen LogP contribution in [0.4, 0.5) is 13.2 Å². The van der Waals surface area contributed by atoms with Gasteiger partial charge in [-0.1, -0.05) is 19.1 Å². The zero-order valence-electron chi connectivity index (χ0n) is 11.7. The van der Waals surface area contributed by atoms with E-state index in [0.29, 0.717) is 0 Å². The Balaban J connectivity index is 2.21. The number of hydrogen-bond donors (Lipinski definition) is 1. The van der Waals surface area contributed by atoms with E-state index >= 15 is 0 Å². The molecular formula is C15H16F3NOS. The SMILES string of the molecule is CCNC(c1ccc(OC(F)(F)F)cc1)c1csc(C)c1. The van der Waals surface area contributed by atoms with E-state index in [1.165, 1.54) is 17.0 Å². The third-order valence-electron chi connectivity index (χ3n) is 2.94. The highest BCUT2D eigenvalue weighted by Gasteiger charge is 2.31. The Morgan fingerprint density at radius 3 is 2.33 bits per heavy atom. The van der Waals surface area contributed by atoms with Gasteiger partial charge in [0.2, 0.25) is 0 Å². The van der Waals surface area contributed by atoms with Crippen LogP contribution in [-0.4, -0.2) is 12.9 Å². The van der Waals surface area contributed by atoms with Crippen LogP contribution in [0.5, 0.6) is 5.75 Å². The first kappa shape index (κ1) is 15.9. The fourth-order valence-corrected chi connectivity index (χ4v) is 2.84. The van der Waals surface area contributed by atoms with Gasteiger partial charge in [0.1, 0.15) is 5.75 Å². The molecule has 1 aromatic heterocycles. The lowest BCUT2D eigenvalue weighted by Crippen LogP contribution is -2.21. The van der Waals surface area contributed by atoms with Crippen molar-refractivity contribution < 1.29 is 17.9 Å². The summed E-state index contributed by atoms with van der Waals surface area (Å²) in [5.41, 5.74) is 2.02. The molecule has 1 aromatic carbocycles. The van der Waals surface area contributed by atoms with E-state index in [0.717, 1.165) is 17.7 Å². The molecule has 2 aromatic rings. The number of nitrogens with one attached hydrogen (secondary N) is 1. The number of halogens is 3. The first-order chi connectivity index (χ1) is 9.89. The molecule has 1 unspecified atom stereocenters. The molecule has 0 saturated heterocycles. The lowest BCUT2D eigenvalue weighted by Gasteiger charge is -2.18. The van der Waals surface area contributed by atoms with Crippen LogP contribution >= 0.6 is 11.3 Å². The number of hydrogen-bond acceptors (Lipinski definition) is 3. The second-order valence-electron chi connectivity index (χ2n) is 4.60. The summed E-state index contributed by atoms with van der Waals surface area (Å²) < 4.78 is 40.4. The highest BCUT2D eigenvalue weighted by molar-refractivity contribution is 7.10. The van der Waals surface area contributed by atoms with Crippen molar-refractivity contribution in [3.8, 4) is 5.75 Å². The summed E-state index contributed by atoms with van der Waals surface area (Å²) in [4.78, 5) is 1.20. The van der Waals surface area contributed by atoms with E-state index in [-0.39, 0.29) is 11.8 Å². The smallest absolute Gasteiger partial charge is 0.406 e. The summed E-state index contributed by atoms with van der Waals surface area (Å²) in [6.45, 7) is 4.78. The summed E-state index contributed by atoms with van der Waals surface area (Å²) in [5.74, 6) is -0.206. The number of ether oxygens (including phenoxy) is 1. The third-order valence-corrected chi connectivity index (χ3v) is 3.82. The second-order valence-corrected chi connectivity index (χ2v) is 5.71. The first-order valence-corrected chi connectivity index (χ1v) is 7.41. The van der Waals surface area contributed by atoms with Gasteiger partial charge in [-0.15, -0.1) is 24.5 Å². The minimum Gasteiger partial charge on any atom is -0.406 e. The van der Waals surface area contributed by atoms with E-state index in [4.69, 9.17) is 0 Å². The van der Waals surface area contributed by atoms with Crippen LogP contribution in [0.2, 0.25) is 0 Å². The van der Waals surface area contributed by atoms with E-state index in [9.17, 15) is 13.2 Å². The van der Waals surface area contributed by atoms with Crippen LogP contribution in [0.1, 0.15) is 29.0 Å². The molecule has 0 radical (unpaired) electrons. The summed E-state index contributed by atoms with van der Waals surface area (Å²) in [5, 5.41) is 5.40. The first-order valence-electron chi connectivity index (χ1n) is 6.53. The van der Waals surface area contributed by atoms with E-state index in [1.807, 2.05) is 13.8 Å². The Labute approximate surface area is 125 Å². The number of alkyl halides is 3. The average molecular weight is 315 g/mol. The Hall–Kier alpha value is -1.53. The largest absolute Gasteiger partial charge is 0.573 e. The molecule has 0 spiro atoms. The van der Waals surface area contributed by atoms with Gasteiger partial charge >= 0.3 is 6.36 Å². The van der Waals surface area contributed by atoms with Crippen molar-refractivity contribution >= 4 is 11.3 Å². The number of benzene rings is 1. The third kappa shape index (κ3) is 4.47. The molecule has 0 saturated carbocycles. The van der Waals surface area contributed by atoms with E-state index < -0.39 is 6.36 Å². The highest BCUT2D eigenvalue weighted by Crippen LogP contribution is 2.29. The van der Waals surface area contributed by atoms with E-state index in [2.05, 4.69) is 21.5 Å². The standard InChI is InChI=1S/C15H16F3NOS/c1-3-19-14(12-8-10(2)21-9-12)11-4-6-13(7-5-11)20-15(16,17)18/h4-9,14,19H,3H2,1-2H3. The maximum atomic E-state index is 12.2. The monoisotopic (exact) mass is 315 g/mol. The van der Waals surface area contributed by atoms with Gasteiger partial charge in [-0.2, -0.15) is 0 Å². The van der Waals surface area contributed by atoms with Gasteiger partial charge in [0.15, 0.2) is 0 Å². The highest BCUT2D eigenvalue weighted by atomic mass is 32.1. The molecule has 0 fully saturated rings. The average Bonchev–Trinajstić information content (AvgIpc) is 2.82. The molecule has 0 amide bonds. The maximum Gasteiger partial charge on any atom is 0.573 e. The summed E-state index contributed by atoms with van der Waals surface area (Å²) in [6, 6.07) is 8.04. The second kappa shape index (κ2) is 6.49. The predicted molar refractivity (Wildman–Crippen MR) is 77.7 cm³/mol. The molecule has 0 aliphatic rings. The van der Waals surface area contributed by atoms with Crippen molar-refractivity contribution in [2.45, 2.75) is 26.3 Å². The van der Waals surface area contributed by atoms with Crippen molar-refractivity contribution in [2.75, 3.05) is 6.54 Å². The van der Waals surface area contributed by atoms with Gasteiger partial charge in [0.25, 0.3) is 0 Å². The zero-order chi connectivity index (χ0) is 15.5. The fraction of sp³-hybridized carbons (Fsp3) is 0.333. The van der Waals surface area contributed by atoms with Crippen LogP contribution in [0.25, 0.3) is 0 Å². The van der Waals surface area contributed by atoms with Gasteiger partial charge < -0.3 is 10.1 Å². The van der Waals surface area contributed by atoms with Crippen molar-refractivity contribution in [1.29, 1.82) is 0 Å². The van der Waals surface area contributed by atoms with Crippen LogP contribution < -0.4 is 10.1 Å². The molecule has 1 N–H and O–H groups in total. The normalized spacial score (nSPS) is 13.2. The van der Waals surface area contributed by atoms with Gasteiger partial charge in [-0.25, -0.2) is 0 Å². The molecule has 21 heavy (non-hydrogen) atoms. The van der Waals surface area contributed by atoms with Crippen LogP contribution in [0.3, 0.4) is 0 Å². The molecule has 2 rings (SSSR count). The van der Waals surface area contributed by atoms with Gasteiger partial charge in [-0.3, -0.25) is 0 Å². The van der Waals surface area contributed by atoms with Crippen LogP contribution in [0, 0.1) is 6.92 Å². The number of aryl methyl sites for hydroxylation is 1. The van der Waals surface area contributed by atoms with Gasteiger partial charge in [0.05, 0.1) is 6.04 Å². The summed E-state index contributed by atoms with van der Waals surface area (Å²) in [7, 11) is 0. The lowest BCUT2D eigenvalue weighted by molar-refractivity contribution is -0.274. The molecule has 0 bridgehead atoms. The van der Waals surface area contributed by atoms with Crippen LogP contribution in [-0.2, 0) is 0 Å². The maximum absolute atomic E-state index is 12.2. The molecule has 1 atom stereocenters.